The maximum atomic E-state index is 2.25. The maximum absolute atomic E-state index is 2.25. The summed E-state index contributed by atoms with van der Waals surface area (Å²) in [5.74, 6) is 0. The first-order valence-corrected chi connectivity index (χ1v) is 5.46. The minimum absolute atomic E-state index is 0. The zero-order chi connectivity index (χ0) is 9.38. The summed E-state index contributed by atoms with van der Waals surface area (Å²) >= 11 is 1.85. The minimum atomic E-state index is 0. The van der Waals surface area contributed by atoms with Crippen LogP contribution >= 0.6 is 11.8 Å². The van der Waals surface area contributed by atoms with E-state index in [2.05, 4.69) is 55.0 Å². The normalized spacial score (nSPS) is 11.7. The fourth-order valence-corrected chi connectivity index (χ4v) is 2.69. The van der Waals surface area contributed by atoms with Crippen molar-refractivity contribution in [3.05, 3.63) is 66.1 Å². The molecule has 0 unspecified atom stereocenters. The van der Waals surface area contributed by atoms with Crippen LogP contribution in [0.3, 0.4) is 0 Å². The molecule has 0 bridgehead atoms. The third-order valence-corrected chi connectivity index (χ3v) is 3.55. The van der Waals surface area contributed by atoms with Crippen LogP contribution in [-0.2, 0) is 0 Å². The van der Waals surface area contributed by atoms with Crippen molar-refractivity contribution in [3.8, 4) is 0 Å². The molecule has 2 heteroatoms. The summed E-state index contributed by atoms with van der Waals surface area (Å²) in [6.07, 6.45) is 2.25. The van der Waals surface area contributed by atoms with Gasteiger partial charge in [0.25, 0.3) is 0 Å². The molecule has 0 spiro atoms. The summed E-state index contributed by atoms with van der Waals surface area (Å²) in [4.78, 5) is 2.71. The van der Waals surface area contributed by atoms with Crippen molar-refractivity contribution in [2.24, 2.45) is 0 Å². The quantitative estimate of drug-likeness (QED) is 0.410. The number of fused-ring (bicyclic) bond motifs is 2. The van der Waals surface area contributed by atoms with Crippen LogP contribution in [0.5, 0.6) is 0 Å². The molecular formula is C13H9KS. The van der Waals surface area contributed by atoms with Crippen molar-refractivity contribution in [1.29, 1.82) is 0 Å². The Morgan fingerprint density at radius 2 is 1.20 bits per heavy atom. The summed E-state index contributed by atoms with van der Waals surface area (Å²) in [5, 5.41) is 0. The summed E-state index contributed by atoms with van der Waals surface area (Å²) in [7, 11) is 0. The molecule has 0 atom stereocenters. The molecule has 1 aliphatic heterocycles. The molecule has 0 saturated carbocycles. The molecule has 2 aromatic rings. The van der Waals surface area contributed by atoms with E-state index in [-0.39, 0.29) is 51.4 Å². The van der Waals surface area contributed by atoms with E-state index < -0.39 is 0 Å². The van der Waals surface area contributed by atoms with E-state index in [1.54, 1.807) is 0 Å². The Balaban J connectivity index is 0.000000853. The van der Waals surface area contributed by atoms with Gasteiger partial charge in [-0.05, 0) is 0 Å². The molecule has 0 aliphatic carbocycles. The van der Waals surface area contributed by atoms with Gasteiger partial charge in [-0.25, -0.2) is 0 Å². The zero-order valence-electron chi connectivity index (χ0n) is 8.60. The van der Waals surface area contributed by atoms with Gasteiger partial charge >= 0.3 is 51.4 Å². The average Bonchev–Trinajstić information content (AvgIpc) is 2.26. The van der Waals surface area contributed by atoms with Crippen LogP contribution in [0.2, 0.25) is 0 Å². The van der Waals surface area contributed by atoms with Gasteiger partial charge in [-0.2, -0.15) is 11.8 Å². The van der Waals surface area contributed by atoms with Gasteiger partial charge in [-0.1, -0.05) is 46.2 Å². The first-order chi connectivity index (χ1) is 6.93. The summed E-state index contributed by atoms with van der Waals surface area (Å²) in [6, 6.07) is 17.0. The second kappa shape index (κ2) is 5.08. The number of hydrogen-bond acceptors (Lipinski definition) is 1. The van der Waals surface area contributed by atoms with Gasteiger partial charge in [0, 0.05) is 0 Å². The Bertz CT molecular complexity index is 392. The predicted octanol–water partition coefficient (Wildman–Crippen LogP) is 0.756. The van der Waals surface area contributed by atoms with Crippen LogP contribution in [-0.4, -0.2) is 0 Å². The van der Waals surface area contributed by atoms with Crippen LogP contribution in [0, 0.1) is 6.42 Å². The van der Waals surface area contributed by atoms with E-state index >= 15 is 0 Å². The fourth-order valence-electron chi connectivity index (χ4n) is 1.67. The van der Waals surface area contributed by atoms with E-state index in [0.29, 0.717) is 0 Å². The Kier molecular flexibility index (Phi) is 3.99. The Hall–Kier alpha value is 0.296. The summed E-state index contributed by atoms with van der Waals surface area (Å²) < 4.78 is 0. The van der Waals surface area contributed by atoms with Crippen molar-refractivity contribution < 1.29 is 51.4 Å². The van der Waals surface area contributed by atoms with Crippen LogP contribution in [0.1, 0.15) is 11.1 Å². The topological polar surface area (TPSA) is 0 Å². The number of benzene rings is 2. The van der Waals surface area contributed by atoms with Gasteiger partial charge in [0.2, 0.25) is 0 Å². The molecule has 1 heterocycles. The Labute approximate surface area is 137 Å². The maximum Gasteiger partial charge on any atom is 1.00 e. The molecule has 0 radical (unpaired) electrons. The van der Waals surface area contributed by atoms with Gasteiger partial charge in [0.1, 0.15) is 0 Å². The monoisotopic (exact) mass is 236 g/mol. The molecular weight excluding hydrogens is 227 g/mol. The van der Waals surface area contributed by atoms with E-state index in [9.17, 15) is 0 Å². The largest absolute Gasteiger partial charge is 1.00 e. The number of rotatable bonds is 0. The van der Waals surface area contributed by atoms with Gasteiger partial charge in [-0.3, -0.25) is 0 Å². The standard InChI is InChI=1S/C13H9S.K/c1-3-7-12-10(5-1)9-11-6-2-4-8-13(11)14-12;/h1-9H;/q-1;+1. The van der Waals surface area contributed by atoms with Crippen LogP contribution < -0.4 is 51.4 Å². The third-order valence-electron chi connectivity index (χ3n) is 2.37. The predicted molar refractivity (Wildman–Crippen MR) is 59.5 cm³/mol. The molecule has 0 N–H and O–H groups in total. The SMILES string of the molecule is [K+].c1ccc2c(c1)[CH-]c1ccccc1S2. The van der Waals surface area contributed by atoms with Crippen LogP contribution in [0.15, 0.2) is 58.3 Å². The van der Waals surface area contributed by atoms with E-state index in [1.807, 2.05) is 11.8 Å². The first kappa shape index (κ1) is 11.8. The van der Waals surface area contributed by atoms with Crippen molar-refractivity contribution in [2.45, 2.75) is 9.79 Å². The molecule has 0 nitrogen and oxygen atoms in total. The average molecular weight is 236 g/mol. The van der Waals surface area contributed by atoms with Crippen molar-refractivity contribution in [3.63, 3.8) is 0 Å². The smallest absolute Gasteiger partial charge is 0.173 e. The molecule has 3 rings (SSSR count). The Morgan fingerprint density at radius 1 is 0.733 bits per heavy atom. The molecule has 0 fully saturated rings. The zero-order valence-corrected chi connectivity index (χ0v) is 12.5. The molecule has 0 amide bonds. The number of hydrogen-bond donors (Lipinski definition) is 0. The second-order valence-electron chi connectivity index (χ2n) is 3.32. The van der Waals surface area contributed by atoms with Crippen molar-refractivity contribution in [2.75, 3.05) is 0 Å². The summed E-state index contributed by atoms with van der Waals surface area (Å²) in [6.45, 7) is 0. The van der Waals surface area contributed by atoms with Crippen LogP contribution in [0.25, 0.3) is 0 Å². The van der Waals surface area contributed by atoms with Gasteiger partial charge in [0.05, 0.1) is 0 Å². The Morgan fingerprint density at radius 3 is 1.73 bits per heavy atom. The molecule has 1 aliphatic rings. The molecule has 2 aromatic carbocycles. The molecule has 15 heavy (non-hydrogen) atoms. The molecule has 68 valence electrons. The van der Waals surface area contributed by atoms with Crippen LogP contribution in [0.4, 0.5) is 0 Å². The van der Waals surface area contributed by atoms with Gasteiger partial charge < -0.3 is 0 Å². The van der Waals surface area contributed by atoms with Gasteiger partial charge in [-0.15, -0.1) is 29.7 Å². The van der Waals surface area contributed by atoms with Crippen molar-refractivity contribution in [1.82, 2.24) is 0 Å². The molecule has 0 aromatic heterocycles. The van der Waals surface area contributed by atoms with Gasteiger partial charge in [0.15, 0.2) is 0 Å². The van der Waals surface area contributed by atoms with Crippen molar-refractivity contribution >= 4 is 11.8 Å². The first-order valence-electron chi connectivity index (χ1n) is 4.64. The van der Waals surface area contributed by atoms with E-state index in [4.69, 9.17) is 0 Å². The van der Waals surface area contributed by atoms with E-state index in [1.165, 1.54) is 20.9 Å². The minimum Gasteiger partial charge on any atom is -0.173 e. The fraction of sp³-hybridized carbons (Fsp3) is 0. The second-order valence-corrected chi connectivity index (χ2v) is 4.41. The van der Waals surface area contributed by atoms with E-state index in [0.717, 1.165) is 0 Å². The summed E-state index contributed by atoms with van der Waals surface area (Å²) in [5.41, 5.74) is 2.66. The molecule has 0 saturated heterocycles. The third kappa shape index (κ3) is 2.36.